The number of aromatic nitrogens is 1. The van der Waals surface area contributed by atoms with E-state index in [1.54, 1.807) is 6.92 Å². The molecule has 1 aromatic heterocycles. The molecule has 0 amide bonds. The van der Waals surface area contributed by atoms with Crippen molar-refractivity contribution in [2.24, 2.45) is 0 Å². The average Bonchev–Trinajstić information content (AvgIpc) is 2.68. The summed E-state index contributed by atoms with van der Waals surface area (Å²) in [5.41, 5.74) is 2.31. The van der Waals surface area contributed by atoms with Crippen molar-refractivity contribution in [3.05, 3.63) is 35.0 Å². The van der Waals surface area contributed by atoms with E-state index < -0.39 is 0 Å². The van der Waals surface area contributed by atoms with Gasteiger partial charge >= 0.3 is 5.97 Å². The van der Waals surface area contributed by atoms with Crippen molar-refractivity contribution in [2.75, 3.05) is 7.11 Å². The van der Waals surface area contributed by atoms with E-state index in [9.17, 15) is 4.79 Å². The second-order valence-corrected chi connectivity index (χ2v) is 4.05. The Balaban J connectivity index is 0.000000209. The number of methoxy groups -OCH3 is 1. The van der Waals surface area contributed by atoms with Gasteiger partial charge in [0.05, 0.1) is 7.11 Å². The standard InChI is InChI=1S/C9H8ClN.C4H8O2/c1-6-4-7-5-8(10)2-3-9(7)11-6;1-3-4(5)6-2/h2-5,11H,1H3;3H2,1-2H3. The number of carbonyl (C=O) groups excluding carboxylic acids is 1. The molecule has 1 heterocycles. The van der Waals surface area contributed by atoms with E-state index in [1.165, 1.54) is 18.2 Å². The zero-order valence-electron chi connectivity index (χ0n) is 10.2. The van der Waals surface area contributed by atoms with Gasteiger partial charge in [-0.2, -0.15) is 0 Å². The number of carbonyl (C=O) groups is 1. The third kappa shape index (κ3) is 4.11. The lowest BCUT2D eigenvalue weighted by Gasteiger charge is -1.88. The molecule has 4 heteroatoms. The van der Waals surface area contributed by atoms with Gasteiger partial charge in [0.2, 0.25) is 0 Å². The molecule has 0 unspecified atom stereocenters. The van der Waals surface area contributed by atoms with Crippen molar-refractivity contribution >= 4 is 28.5 Å². The molecule has 0 saturated heterocycles. The predicted octanol–water partition coefficient (Wildman–Crippen LogP) is 3.70. The van der Waals surface area contributed by atoms with Gasteiger partial charge in [-0.15, -0.1) is 0 Å². The molecule has 0 saturated carbocycles. The first-order valence-corrected chi connectivity index (χ1v) is 5.76. The van der Waals surface area contributed by atoms with Gasteiger partial charge in [0, 0.05) is 28.0 Å². The molecule has 2 aromatic rings. The largest absolute Gasteiger partial charge is 0.469 e. The molecule has 0 aliphatic rings. The Kier molecular flexibility index (Phi) is 5.04. The normalized spacial score (nSPS) is 9.65. The highest BCUT2D eigenvalue weighted by atomic mass is 35.5. The van der Waals surface area contributed by atoms with E-state index in [1.807, 2.05) is 25.1 Å². The number of hydrogen-bond acceptors (Lipinski definition) is 2. The summed E-state index contributed by atoms with van der Waals surface area (Å²) in [5.74, 6) is -0.157. The number of nitrogens with one attached hydrogen (secondary N) is 1. The number of benzene rings is 1. The van der Waals surface area contributed by atoms with Crippen LogP contribution < -0.4 is 0 Å². The van der Waals surface area contributed by atoms with E-state index in [-0.39, 0.29) is 5.97 Å². The van der Waals surface area contributed by atoms with Crippen LogP contribution in [0.4, 0.5) is 0 Å². The van der Waals surface area contributed by atoms with Gasteiger partial charge in [-0.1, -0.05) is 18.5 Å². The Bertz CT molecular complexity index is 499. The lowest BCUT2D eigenvalue weighted by molar-refractivity contribution is -0.140. The summed E-state index contributed by atoms with van der Waals surface area (Å²) in [5, 5.41) is 1.96. The molecule has 92 valence electrons. The fourth-order valence-corrected chi connectivity index (χ4v) is 1.57. The number of hydrogen-bond donors (Lipinski definition) is 1. The molecule has 0 bridgehead atoms. The van der Waals surface area contributed by atoms with Gasteiger partial charge < -0.3 is 9.72 Å². The number of H-pyrrole nitrogens is 1. The summed E-state index contributed by atoms with van der Waals surface area (Å²) >= 11 is 5.81. The van der Waals surface area contributed by atoms with E-state index in [0.29, 0.717) is 6.42 Å². The van der Waals surface area contributed by atoms with Crippen LogP contribution in [0.15, 0.2) is 24.3 Å². The molecule has 3 nitrogen and oxygen atoms in total. The summed E-state index contributed by atoms with van der Waals surface area (Å²) in [6, 6.07) is 7.92. The summed E-state index contributed by atoms with van der Waals surface area (Å²) in [6.07, 6.45) is 0.469. The summed E-state index contributed by atoms with van der Waals surface area (Å²) in [4.78, 5) is 13.2. The fourth-order valence-electron chi connectivity index (χ4n) is 1.39. The van der Waals surface area contributed by atoms with Crippen LogP contribution in [-0.2, 0) is 9.53 Å². The minimum Gasteiger partial charge on any atom is -0.469 e. The summed E-state index contributed by atoms with van der Waals surface area (Å²) < 4.78 is 4.26. The fraction of sp³-hybridized carbons (Fsp3) is 0.308. The molecule has 0 fully saturated rings. The number of halogens is 1. The van der Waals surface area contributed by atoms with Crippen molar-refractivity contribution in [1.82, 2.24) is 4.98 Å². The highest BCUT2D eigenvalue weighted by Crippen LogP contribution is 2.19. The lowest BCUT2D eigenvalue weighted by Crippen LogP contribution is -1.94. The zero-order chi connectivity index (χ0) is 12.8. The van der Waals surface area contributed by atoms with Crippen molar-refractivity contribution in [1.29, 1.82) is 0 Å². The maximum Gasteiger partial charge on any atom is 0.305 e. The monoisotopic (exact) mass is 253 g/mol. The smallest absolute Gasteiger partial charge is 0.305 e. The van der Waals surface area contributed by atoms with Gasteiger partial charge in [-0.05, 0) is 31.2 Å². The van der Waals surface area contributed by atoms with Crippen LogP contribution in [0, 0.1) is 6.92 Å². The van der Waals surface area contributed by atoms with Crippen LogP contribution >= 0.6 is 11.6 Å². The molecule has 0 aliphatic heterocycles. The van der Waals surface area contributed by atoms with Crippen LogP contribution in [0.5, 0.6) is 0 Å². The summed E-state index contributed by atoms with van der Waals surface area (Å²) in [6.45, 7) is 3.79. The Morgan fingerprint density at radius 1 is 1.41 bits per heavy atom. The van der Waals surface area contributed by atoms with E-state index >= 15 is 0 Å². The highest BCUT2D eigenvalue weighted by molar-refractivity contribution is 6.31. The number of aromatic amines is 1. The Hall–Kier alpha value is -1.48. The second kappa shape index (κ2) is 6.30. The number of ether oxygens (including phenoxy) is 1. The Labute approximate surface area is 106 Å². The highest BCUT2D eigenvalue weighted by Gasteiger charge is 1.96. The predicted molar refractivity (Wildman–Crippen MR) is 70.4 cm³/mol. The van der Waals surface area contributed by atoms with Crippen LogP contribution in [0.1, 0.15) is 19.0 Å². The molecular formula is C13H16ClNO2. The lowest BCUT2D eigenvalue weighted by atomic mass is 10.2. The molecule has 2 rings (SSSR count). The molecule has 0 atom stereocenters. The third-order valence-electron chi connectivity index (χ3n) is 2.23. The molecule has 1 aromatic carbocycles. The second-order valence-electron chi connectivity index (χ2n) is 3.61. The minimum absolute atomic E-state index is 0.157. The molecule has 0 radical (unpaired) electrons. The van der Waals surface area contributed by atoms with Gasteiger partial charge in [-0.25, -0.2) is 0 Å². The number of rotatable bonds is 1. The third-order valence-corrected chi connectivity index (χ3v) is 2.47. The van der Waals surface area contributed by atoms with Crippen molar-refractivity contribution in [3.63, 3.8) is 0 Å². The number of esters is 1. The summed E-state index contributed by atoms with van der Waals surface area (Å²) in [7, 11) is 1.38. The van der Waals surface area contributed by atoms with E-state index in [0.717, 1.165) is 10.5 Å². The first-order valence-electron chi connectivity index (χ1n) is 5.38. The van der Waals surface area contributed by atoms with E-state index in [2.05, 4.69) is 15.8 Å². The Morgan fingerprint density at radius 2 is 2.12 bits per heavy atom. The first-order chi connectivity index (χ1) is 8.06. The van der Waals surface area contributed by atoms with Gasteiger partial charge in [0.25, 0.3) is 0 Å². The van der Waals surface area contributed by atoms with Crippen LogP contribution in [0.2, 0.25) is 5.02 Å². The molecule has 17 heavy (non-hydrogen) atoms. The van der Waals surface area contributed by atoms with Crippen molar-refractivity contribution in [3.8, 4) is 0 Å². The maximum absolute atomic E-state index is 9.96. The molecule has 0 aliphatic carbocycles. The number of fused-ring (bicyclic) bond motifs is 1. The van der Waals surface area contributed by atoms with Crippen molar-refractivity contribution < 1.29 is 9.53 Å². The quantitative estimate of drug-likeness (QED) is 0.788. The average molecular weight is 254 g/mol. The number of aryl methyl sites for hydroxylation is 1. The molecule has 0 spiro atoms. The SMILES string of the molecule is CCC(=O)OC.Cc1cc2cc(Cl)ccc2[nH]1. The molecular weight excluding hydrogens is 238 g/mol. The Morgan fingerprint density at radius 3 is 2.65 bits per heavy atom. The van der Waals surface area contributed by atoms with Crippen LogP contribution in [0.3, 0.4) is 0 Å². The van der Waals surface area contributed by atoms with Gasteiger partial charge in [0.1, 0.15) is 0 Å². The van der Waals surface area contributed by atoms with Gasteiger partial charge in [-0.3, -0.25) is 4.79 Å². The molecule has 1 N–H and O–H groups in total. The van der Waals surface area contributed by atoms with Crippen molar-refractivity contribution in [2.45, 2.75) is 20.3 Å². The maximum atomic E-state index is 9.96. The van der Waals surface area contributed by atoms with E-state index in [4.69, 9.17) is 11.6 Å². The topological polar surface area (TPSA) is 42.1 Å². The van der Waals surface area contributed by atoms with Crippen LogP contribution in [-0.4, -0.2) is 18.1 Å². The minimum atomic E-state index is -0.157. The van der Waals surface area contributed by atoms with Crippen LogP contribution in [0.25, 0.3) is 10.9 Å². The first kappa shape index (κ1) is 13.6. The zero-order valence-corrected chi connectivity index (χ0v) is 11.0. The van der Waals surface area contributed by atoms with Gasteiger partial charge in [0.15, 0.2) is 0 Å².